The van der Waals surface area contributed by atoms with E-state index in [1.54, 1.807) is 19.2 Å². The molecule has 4 nitrogen and oxygen atoms in total. The number of nitrogens with one attached hydrogen (secondary N) is 1. The molecule has 2 unspecified atom stereocenters. The first kappa shape index (κ1) is 15.5. The minimum atomic E-state index is -0.222. The summed E-state index contributed by atoms with van der Waals surface area (Å²) in [5.41, 5.74) is 1.98. The predicted molar refractivity (Wildman–Crippen MR) is 82.1 cm³/mol. The molecule has 0 amide bonds. The Morgan fingerprint density at radius 1 is 1.29 bits per heavy atom. The Labute approximate surface area is 125 Å². The average molecular weight is 291 g/mol. The lowest BCUT2D eigenvalue weighted by Gasteiger charge is -2.20. The van der Waals surface area contributed by atoms with Crippen LogP contribution in [-0.4, -0.2) is 29.3 Å². The van der Waals surface area contributed by atoms with Crippen molar-refractivity contribution < 1.29 is 9.13 Å². The molecule has 5 heteroatoms. The first-order chi connectivity index (χ1) is 10.0. The summed E-state index contributed by atoms with van der Waals surface area (Å²) >= 11 is 0. The first-order valence-corrected chi connectivity index (χ1v) is 7.07. The molecular formula is C16H22FN3O. The van der Waals surface area contributed by atoms with Gasteiger partial charge in [0.1, 0.15) is 5.82 Å². The molecule has 1 heterocycles. The first-order valence-electron chi connectivity index (χ1n) is 7.07. The summed E-state index contributed by atoms with van der Waals surface area (Å²) in [5.74, 6) is 0.578. The molecule has 0 saturated heterocycles. The van der Waals surface area contributed by atoms with Crippen molar-refractivity contribution in [2.24, 2.45) is 0 Å². The summed E-state index contributed by atoms with van der Waals surface area (Å²) in [5, 5.41) is 3.35. The monoisotopic (exact) mass is 291 g/mol. The predicted octanol–water partition coefficient (Wildman–Crippen LogP) is 3.39. The zero-order valence-corrected chi connectivity index (χ0v) is 12.9. The number of imidazole rings is 1. The van der Waals surface area contributed by atoms with E-state index < -0.39 is 0 Å². The van der Waals surface area contributed by atoms with Crippen LogP contribution in [0.3, 0.4) is 0 Å². The normalized spacial score (nSPS) is 14.0. The van der Waals surface area contributed by atoms with Crippen LogP contribution in [0.1, 0.15) is 31.1 Å². The van der Waals surface area contributed by atoms with Crippen molar-refractivity contribution in [1.29, 1.82) is 0 Å². The third-order valence-corrected chi connectivity index (χ3v) is 3.41. The van der Waals surface area contributed by atoms with Crippen LogP contribution in [0.2, 0.25) is 0 Å². The molecule has 0 fully saturated rings. The maximum atomic E-state index is 13.0. The lowest BCUT2D eigenvalue weighted by atomic mass is 10.1. The fourth-order valence-corrected chi connectivity index (χ4v) is 2.33. The molecule has 0 spiro atoms. The van der Waals surface area contributed by atoms with Crippen molar-refractivity contribution >= 4 is 5.95 Å². The number of anilines is 1. The smallest absolute Gasteiger partial charge is 0.203 e. The largest absolute Gasteiger partial charge is 0.383 e. The van der Waals surface area contributed by atoms with Crippen LogP contribution in [0.5, 0.6) is 0 Å². The minimum absolute atomic E-state index is 0.0732. The van der Waals surface area contributed by atoms with Gasteiger partial charge in [0.05, 0.1) is 18.3 Å². The average Bonchev–Trinajstić information content (AvgIpc) is 2.79. The molecule has 1 aromatic carbocycles. The molecular weight excluding hydrogens is 269 g/mol. The highest BCUT2D eigenvalue weighted by molar-refractivity contribution is 5.33. The van der Waals surface area contributed by atoms with E-state index in [4.69, 9.17) is 4.74 Å². The maximum absolute atomic E-state index is 13.0. The van der Waals surface area contributed by atoms with E-state index in [-0.39, 0.29) is 17.9 Å². The van der Waals surface area contributed by atoms with Crippen molar-refractivity contribution in [2.45, 2.75) is 32.9 Å². The molecule has 0 radical (unpaired) electrons. The summed E-state index contributed by atoms with van der Waals surface area (Å²) in [7, 11) is 1.68. The molecule has 21 heavy (non-hydrogen) atoms. The Balaban J connectivity index is 2.24. The van der Waals surface area contributed by atoms with E-state index in [1.807, 2.05) is 20.0 Å². The van der Waals surface area contributed by atoms with Crippen LogP contribution in [-0.2, 0) is 4.74 Å². The van der Waals surface area contributed by atoms with Gasteiger partial charge in [-0.05, 0) is 38.5 Å². The van der Waals surface area contributed by atoms with E-state index >= 15 is 0 Å². The fraction of sp³-hybridized carbons (Fsp3) is 0.438. The zero-order chi connectivity index (χ0) is 15.4. The lowest BCUT2D eigenvalue weighted by Crippen LogP contribution is -2.24. The van der Waals surface area contributed by atoms with Gasteiger partial charge in [-0.1, -0.05) is 12.1 Å². The number of aryl methyl sites for hydroxylation is 1. The van der Waals surface area contributed by atoms with E-state index in [0.29, 0.717) is 6.61 Å². The standard InChI is InChI=1S/C16H22FN3O/c1-11-9-20(16(18-11)19-12(2)10-21-4)13(3)14-5-7-15(17)8-6-14/h5-9,12-13H,10H2,1-4H3,(H,18,19). The van der Waals surface area contributed by atoms with Gasteiger partial charge >= 0.3 is 0 Å². The molecule has 1 aromatic heterocycles. The molecule has 2 atom stereocenters. The number of halogens is 1. The van der Waals surface area contributed by atoms with Gasteiger partial charge in [-0.2, -0.15) is 0 Å². The Bertz CT molecular complexity index is 580. The molecule has 2 aromatic rings. The summed E-state index contributed by atoms with van der Waals surface area (Å²) in [6.07, 6.45) is 2.00. The van der Waals surface area contributed by atoms with Crippen molar-refractivity contribution in [3.8, 4) is 0 Å². The Morgan fingerprint density at radius 3 is 2.57 bits per heavy atom. The summed E-state index contributed by atoms with van der Waals surface area (Å²) < 4.78 is 20.3. The van der Waals surface area contributed by atoms with Gasteiger partial charge in [-0.15, -0.1) is 0 Å². The Hall–Kier alpha value is -1.88. The van der Waals surface area contributed by atoms with Crippen LogP contribution >= 0.6 is 0 Å². The van der Waals surface area contributed by atoms with Gasteiger partial charge in [-0.3, -0.25) is 0 Å². The number of ether oxygens (including phenoxy) is 1. The molecule has 1 N–H and O–H groups in total. The highest BCUT2D eigenvalue weighted by Crippen LogP contribution is 2.23. The SMILES string of the molecule is COCC(C)Nc1nc(C)cn1C(C)c1ccc(F)cc1. The number of hydrogen-bond acceptors (Lipinski definition) is 3. The number of nitrogens with zero attached hydrogens (tertiary/aromatic N) is 2. The van der Waals surface area contributed by atoms with Gasteiger partial charge in [0.25, 0.3) is 0 Å². The number of hydrogen-bond donors (Lipinski definition) is 1. The van der Waals surface area contributed by atoms with E-state index in [1.165, 1.54) is 12.1 Å². The minimum Gasteiger partial charge on any atom is -0.383 e. The highest BCUT2D eigenvalue weighted by atomic mass is 19.1. The number of methoxy groups -OCH3 is 1. The van der Waals surface area contributed by atoms with Crippen LogP contribution in [0.4, 0.5) is 10.3 Å². The van der Waals surface area contributed by atoms with E-state index in [2.05, 4.69) is 21.8 Å². The number of aromatic nitrogens is 2. The van der Waals surface area contributed by atoms with Crippen LogP contribution in [0, 0.1) is 12.7 Å². The Morgan fingerprint density at radius 2 is 1.95 bits per heavy atom. The second kappa shape index (κ2) is 6.72. The summed E-state index contributed by atoms with van der Waals surface area (Å²) in [4.78, 5) is 4.52. The van der Waals surface area contributed by atoms with Gasteiger partial charge in [-0.25, -0.2) is 9.37 Å². The maximum Gasteiger partial charge on any atom is 0.203 e. The lowest BCUT2D eigenvalue weighted by molar-refractivity contribution is 0.190. The second-order valence-corrected chi connectivity index (χ2v) is 5.34. The topological polar surface area (TPSA) is 39.1 Å². The van der Waals surface area contributed by atoms with Crippen LogP contribution in [0.15, 0.2) is 30.5 Å². The quantitative estimate of drug-likeness (QED) is 0.886. The van der Waals surface area contributed by atoms with Crippen molar-refractivity contribution in [2.75, 3.05) is 19.0 Å². The zero-order valence-electron chi connectivity index (χ0n) is 12.9. The molecule has 0 saturated carbocycles. The third kappa shape index (κ3) is 3.82. The molecule has 0 aliphatic rings. The molecule has 0 aliphatic heterocycles. The molecule has 0 aliphatic carbocycles. The van der Waals surface area contributed by atoms with Crippen LogP contribution < -0.4 is 5.32 Å². The van der Waals surface area contributed by atoms with E-state index in [9.17, 15) is 4.39 Å². The van der Waals surface area contributed by atoms with Gasteiger partial charge in [0.15, 0.2) is 0 Å². The van der Waals surface area contributed by atoms with Crippen molar-refractivity contribution in [1.82, 2.24) is 9.55 Å². The van der Waals surface area contributed by atoms with Gasteiger partial charge in [0.2, 0.25) is 5.95 Å². The Kier molecular flexibility index (Phi) is 4.96. The van der Waals surface area contributed by atoms with Crippen molar-refractivity contribution in [3.05, 3.63) is 47.5 Å². The number of rotatable bonds is 6. The van der Waals surface area contributed by atoms with E-state index in [0.717, 1.165) is 17.2 Å². The third-order valence-electron chi connectivity index (χ3n) is 3.41. The highest BCUT2D eigenvalue weighted by Gasteiger charge is 2.15. The molecule has 0 bridgehead atoms. The summed E-state index contributed by atoms with van der Waals surface area (Å²) in [6, 6.07) is 6.81. The second-order valence-electron chi connectivity index (χ2n) is 5.34. The molecule has 114 valence electrons. The van der Waals surface area contributed by atoms with Gasteiger partial charge in [0, 0.05) is 19.3 Å². The number of benzene rings is 1. The van der Waals surface area contributed by atoms with Crippen LogP contribution in [0.25, 0.3) is 0 Å². The fourth-order valence-electron chi connectivity index (χ4n) is 2.33. The van der Waals surface area contributed by atoms with Crippen molar-refractivity contribution in [3.63, 3.8) is 0 Å². The summed E-state index contributed by atoms with van der Waals surface area (Å²) in [6.45, 7) is 6.68. The molecule has 2 rings (SSSR count). The van der Waals surface area contributed by atoms with Gasteiger partial charge < -0.3 is 14.6 Å².